The van der Waals surface area contributed by atoms with Gasteiger partial charge in [0.05, 0.1) is 0 Å². The summed E-state index contributed by atoms with van der Waals surface area (Å²) in [5.74, 6) is -0.721. The van der Waals surface area contributed by atoms with Crippen molar-refractivity contribution < 1.29 is 9.90 Å². The predicted molar refractivity (Wildman–Crippen MR) is 73.6 cm³/mol. The van der Waals surface area contributed by atoms with Crippen molar-refractivity contribution in [3.63, 3.8) is 0 Å². The first kappa shape index (κ1) is 14.7. The van der Waals surface area contributed by atoms with E-state index in [4.69, 9.17) is 5.11 Å². The van der Waals surface area contributed by atoms with E-state index in [1.54, 1.807) is 0 Å². The molecule has 0 spiro atoms. The van der Waals surface area contributed by atoms with E-state index in [1.807, 2.05) is 18.2 Å². The largest absolute Gasteiger partial charge is 0.481 e. The van der Waals surface area contributed by atoms with Crippen molar-refractivity contribution in [1.29, 1.82) is 0 Å². The molecule has 0 heterocycles. The number of hydrogen-bond acceptors (Lipinski definition) is 2. The molecule has 1 atom stereocenters. The van der Waals surface area contributed by atoms with Gasteiger partial charge >= 0.3 is 5.97 Å². The fourth-order valence-electron chi connectivity index (χ4n) is 2.00. The Bertz CT molecular complexity index is 338. The van der Waals surface area contributed by atoms with Gasteiger partial charge in [0.2, 0.25) is 0 Å². The highest BCUT2D eigenvalue weighted by Gasteiger charge is 2.09. The van der Waals surface area contributed by atoms with Crippen molar-refractivity contribution in [2.75, 3.05) is 6.54 Å². The highest BCUT2D eigenvalue weighted by molar-refractivity contribution is 5.66. The van der Waals surface area contributed by atoms with Gasteiger partial charge in [0, 0.05) is 12.5 Å². The van der Waals surface area contributed by atoms with Gasteiger partial charge in [-0.15, -0.1) is 0 Å². The molecule has 0 aliphatic carbocycles. The monoisotopic (exact) mass is 249 g/mol. The first-order chi connectivity index (χ1) is 8.74. The second kappa shape index (κ2) is 8.70. The first-order valence-corrected chi connectivity index (χ1v) is 6.74. The number of nitrogens with one attached hydrogen (secondary N) is 1. The Labute approximate surface area is 109 Å². The number of aliphatic carboxylic acids is 1. The standard InChI is InChI=1S/C15H23NO2/c1-2-3-10-14(13-8-5-4-6-9-13)16-12-7-11-15(17)18/h4-6,8-9,14,16H,2-3,7,10-12H2,1H3,(H,17,18). The summed E-state index contributed by atoms with van der Waals surface area (Å²) in [5, 5.41) is 12.1. The van der Waals surface area contributed by atoms with Crippen molar-refractivity contribution in [2.24, 2.45) is 0 Å². The summed E-state index contributed by atoms with van der Waals surface area (Å²) in [4.78, 5) is 10.5. The Morgan fingerprint density at radius 3 is 2.61 bits per heavy atom. The number of carbonyl (C=O) groups is 1. The molecule has 0 amide bonds. The average molecular weight is 249 g/mol. The lowest BCUT2D eigenvalue weighted by Crippen LogP contribution is -2.23. The third-order valence-electron chi connectivity index (χ3n) is 3.01. The number of carboxylic acids is 1. The minimum absolute atomic E-state index is 0.238. The molecule has 0 bridgehead atoms. The van der Waals surface area contributed by atoms with E-state index in [9.17, 15) is 4.79 Å². The van der Waals surface area contributed by atoms with Gasteiger partial charge in [-0.25, -0.2) is 0 Å². The minimum Gasteiger partial charge on any atom is -0.481 e. The summed E-state index contributed by atoms with van der Waals surface area (Å²) in [7, 11) is 0. The van der Waals surface area contributed by atoms with Gasteiger partial charge in [0.15, 0.2) is 0 Å². The fraction of sp³-hybridized carbons (Fsp3) is 0.533. The van der Waals surface area contributed by atoms with E-state index in [0.29, 0.717) is 12.5 Å². The van der Waals surface area contributed by atoms with Crippen LogP contribution >= 0.6 is 0 Å². The summed E-state index contributed by atoms with van der Waals surface area (Å²) in [6.07, 6.45) is 4.40. The van der Waals surface area contributed by atoms with E-state index in [-0.39, 0.29) is 6.42 Å². The highest BCUT2D eigenvalue weighted by Crippen LogP contribution is 2.19. The molecule has 3 nitrogen and oxygen atoms in total. The molecule has 0 saturated carbocycles. The first-order valence-electron chi connectivity index (χ1n) is 6.74. The van der Waals surface area contributed by atoms with Gasteiger partial charge in [-0.2, -0.15) is 0 Å². The van der Waals surface area contributed by atoms with Crippen LogP contribution in [0.3, 0.4) is 0 Å². The Hall–Kier alpha value is -1.35. The number of carboxylic acid groups (broad SMARTS) is 1. The number of unbranched alkanes of at least 4 members (excludes halogenated alkanes) is 1. The molecule has 18 heavy (non-hydrogen) atoms. The molecular formula is C15H23NO2. The molecule has 0 aliphatic rings. The zero-order chi connectivity index (χ0) is 13.2. The molecule has 0 aliphatic heterocycles. The molecule has 1 unspecified atom stereocenters. The van der Waals surface area contributed by atoms with Crippen LogP contribution in [0.25, 0.3) is 0 Å². The average Bonchev–Trinajstić information content (AvgIpc) is 2.38. The van der Waals surface area contributed by atoms with E-state index in [1.165, 1.54) is 18.4 Å². The van der Waals surface area contributed by atoms with Gasteiger partial charge < -0.3 is 10.4 Å². The predicted octanol–water partition coefficient (Wildman–Crippen LogP) is 3.37. The summed E-state index contributed by atoms with van der Waals surface area (Å²) < 4.78 is 0. The molecule has 0 saturated heterocycles. The maximum absolute atomic E-state index is 10.5. The number of hydrogen-bond donors (Lipinski definition) is 2. The van der Waals surface area contributed by atoms with Gasteiger partial charge in [-0.3, -0.25) is 4.79 Å². The smallest absolute Gasteiger partial charge is 0.303 e. The number of benzene rings is 1. The van der Waals surface area contributed by atoms with E-state index in [0.717, 1.165) is 13.0 Å². The maximum Gasteiger partial charge on any atom is 0.303 e. The second-order valence-electron chi connectivity index (χ2n) is 4.56. The molecule has 0 fully saturated rings. The Morgan fingerprint density at radius 1 is 1.28 bits per heavy atom. The Kier molecular flexibility index (Phi) is 7.11. The molecule has 1 aromatic carbocycles. The van der Waals surface area contributed by atoms with Crippen LogP contribution in [0.2, 0.25) is 0 Å². The molecule has 3 heteroatoms. The molecule has 1 aromatic rings. The minimum atomic E-state index is -0.721. The van der Waals surface area contributed by atoms with Crippen molar-refractivity contribution in [2.45, 2.75) is 45.1 Å². The van der Waals surface area contributed by atoms with E-state index >= 15 is 0 Å². The Morgan fingerprint density at radius 2 is 2.00 bits per heavy atom. The van der Waals surface area contributed by atoms with Crippen molar-refractivity contribution >= 4 is 5.97 Å². The van der Waals surface area contributed by atoms with Gasteiger partial charge in [-0.1, -0.05) is 50.1 Å². The normalized spacial score (nSPS) is 12.3. The second-order valence-corrected chi connectivity index (χ2v) is 4.56. The van der Waals surface area contributed by atoms with Crippen molar-refractivity contribution in [1.82, 2.24) is 5.32 Å². The lowest BCUT2D eigenvalue weighted by Gasteiger charge is -2.18. The highest BCUT2D eigenvalue weighted by atomic mass is 16.4. The third kappa shape index (κ3) is 5.82. The third-order valence-corrected chi connectivity index (χ3v) is 3.01. The lowest BCUT2D eigenvalue weighted by atomic mass is 10.0. The summed E-state index contributed by atoms with van der Waals surface area (Å²) in [6, 6.07) is 10.7. The summed E-state index contributed by atoms with van der Waals surface area (Å²) >= 11 is 0. The van der Waals surface area contributed by atoms with E-state index in [2.05, 4.69) is 24.4 Å². The fourth-order valence-corrected chi connectivity index (χ4v) is 2.00. The van der Waals surface area contributed by atoms with Crippen LogP contribution in [0.15, 0.2) is 30.3 Å². The van der Waals surface area contributed by atoms with E-state index < -0.39 is 5.97 Å². The van der Waals surface area contributed by atoms with Crippen LogP contribution in [0, 0.1) is 0 Å². The maximum atomic E-state index is 10.5. The van der Waals surface area contributed by atoms with Crippen LogP contribution in [-0.2, 0) is 4.79 Å². The van der Waals surface area contributed by atoms with Gasteiger partial charge in [-0.05, 0) is 24.9 Å². The quantitative estimate of drug-likeness (QED) is 0.660. The van der Waals surface area contributed by atoms with Crippen LogP contribution in [0.5, 0.6) is 0 Å². The number of rotatable bonds is 9. The van der Waals surface area contributed by atoms with Gasteiger partial charge in [0.25, 0.3) is 0 Å². The lowest BCUT2D eigenvalue weighted by molar-refractivity contribution is -0.137. The topological polar surface area (TPSA) is 49.3 Å². The van der Waals surface area contributed by atoms with Crippen molar-refractivity contribution in [3.8, 4) is 0 Å². The molecular weight excluding hydrogens is 226 g/mol. The summed E-state index contributed by atoms with van der Waals surface area (Å²) in [5.41, 5.74) is 1.29. The Balaban J connectivity index is 2.43. The molecule has 1 rings (SSSR count). The van der Waals surface area contributed by atoms with Crippen LogP contribution in [0.1, 0.15) is 50.6 Å². The zero-order valence-corrected chi connectivity index (χ0v) is 11.1. The van der Waals surface area contributed by atoms with Crippen LogP contribution in [0.4, 0.5) is 0 Å². The summed E-state index contributed by atoms with van der Waals surface area (Å²) in [6.45, 7) is 2.95. The molecule has 100 valence electrons. The molecule has 2 N–H and O–H groups in total. The molecule has 0 aromatic heterocycles. The van der Waals surface area contributed by atoms with Gasteiger partial charge in [0.1, 0.15) is 0 Å². The van der Waals surface area contributed by atoms with Crippen LogP contribution in [-0.4, -0.2) is 17.6 Å². The molecule has 0 radical (unpaired) electrons. The van der Waals surface area contributed by atoms with Crippen LogP contribution < -0.4 is 5.32 Å². The van der Waals surface area contributed by atoms with Crippen molar-refractivity contribution in [3.05, 3.63) is 35.9 Å². The SMILES string of the molecule is CCCCC(NCCCC(=O)O)c1ccccc1. The zero-order valence-electron chi connectivity index (χ0n) is 11.1.